The van der Waals surface area contributed by atoms with Gasteiger partial charge in [0.05, 0.1) is 29.5 Å². The van der Waals surface area contributed by atoms with Crippen LogP contribution >= 0.6 is 0 Å². The summed E-state index contributed by atoms with van der Waals surface area (Å²) in [5, 5.41) is 28.8. The minimum atomic E-state index is -0.450. The molecule has 0 unspecified atom stereocenters. The van der Waals surface area contributed by atoms with E-state index in [9.17, 15) is 10.1 Å². The molecule has 0 atom stereocenters. The van der Waals surface area contributed by atoms with E-state index in [1.165, 1.54) is 94.9 Å². The van der Waals surface area contributed by atoms with Crippen molar-refractivity contribution in [1.29, 1.82) is 0 Å². The molecular formula is C39H56N6O4. The highest BCUT2D eigenvalue weighted by molar-refractivity contribution is 5.67. The minimum Gasteiger partial charge on any atom is -0.491 e. The van der Waals surface area contributed by atoms with Gasteiger partial charge in [-0.15, -0.1) is 10.2 Å². The molecule has 0 bridgehead atoms. The summed E-state index contributed by atoms with van der Waals surface area (Å²) in [6.07, 6.45) is 15.5. The van der Waals surface area contributed by atoms with E-state index in [0.717, 1.165) is 24.3 Å². The number of hydrogen-bond acceptors (Lipinski definition) is 9. The smallest absolute Gasteiger partial charge is 0.269 e. The molecule has 10 nitrogen and oxygen atoms in total. The fourth-order valence-electron chi connectivity index (χ4n) is 5.58. The molecule has 0 fully saturated rings. The van der Waals surface area contributed by atoms with Gasteiger partial charge in [-0.2, -0.15) is 10.2 Å². The summed E-state index contributed by atoms with van der Waals surface area (Å²) in [7, 11) is 0. The van der Waals surface area contributed by atoms with E-state index in [2.05, 4.69) is 64.3 Å². The highest BCUT2D eigenvalue weighted by atomic mass is 16.6. The van der Waals surface area contributed by atoms with Crippen LogP contribution < -0.4 is 14.4 Å². The molecule has 0 N–H and O–H groups in total. The van der Waals surface area contributed by atoms with E-state index < -0.39 is 4.92 Å². The Balaban J connectivity index is 1.79. The molecule has 0 amide bonds. The number of nitrogens with zero attached hydrogens (tertiary/aromatic N) is 6. The second-order valence-corrected chi connectivity index (χ2v) is 12.3. The van der Waals surface area contributed by atoms with Gasteiger partial charge in [0.2, 0.25) is 0 Å². The summed E-state index contributed by atoms with van der Waals surface area (Å²) in [5.74, 6) is 0.989. The average Bonchev–Trinajstić information content (AvgIpc) is 3.10. The molecule has 3 aromatic rings. The lowest BCUT2D eigenvalue weighted by Crippen LogP contribution is -2.25. The number of hydrogen-bond donors (Lipinski definition) is 0. The number of anilines is 1. The topological polar surface area (TPSA) is 114 Å². The second kappa shape index (κ2) is 22.3. The van der Waals surface area contributed by atoms with Gasteiger partial charge in [-0.3, -0.25) is 10.1 Å². The van der Waals surface area contributed by atoms with Gasteiger partial charge in [-0.1, -0.05) is 78.1 Å². The van der Waals surface area contributed by atoms with E-state index in [0.29, 0.717) is 41.8 Å². The summed E-state index contributed by atoms with van der Waals surface area (Å²) >= 11 is 0. The first-order valence-corrected chi connectivity index (χ1v) is 18.3. The fraction of sp³-hybridized carbons (Fsp3) is 0.538. The molecular weight excluding hydrogens is 616 g/mol. The Bertz CT molecular complexity index is 1460. The molecule has 266 valence electrons. The number of nitro benzene ring substituents is 1. The van der Waals surface area contributed by atoms with Crippen LogP contribution in [0.5, 0.6) is 11.5 Å². The van der Waals surface area contributed by atoms with Gasteiger partial charge in [-0.05, 0) is 69.5 Å². The quantitative estimate of drug-likeness (QED) is 0.0406. The number of nitro groups is 1. The summed E-state index contributed by atoms with van der Waals surface area (Å²) < 4.78 is 11.8. The molecule has 0 saturated heterocycles. The third-order valence-corrected chi connectivity index (χ3v) is 8.35. The van der Waals surface area contributed by atoms with E-state index >= 15 is 0 Å². The number of benzene rings is 3. The van der Waals surface area contributed by atoms with Crippen molar-refractivity contribution < 1.29 is 14.4 Å². The first kappa shape index (κ1) is 39.1. The maximum Gasteiger partial charge on any atom is 0.269 e. The Morgan fingerprint density at radius 1 is 0.612 bits per heavy atom. The number of aryl methyl sites for hydroxylation is 1. The van der Waals surface area contributed by atoms with Gasteiger partial charge in [0.25, 0.3) is 5.69 Å². The number of azo groups is 2. The fourth-order valence-corrected chi connectivity index (χ4v) is 5.58. The normalized spacial score (nSPS) is 11.4. The van der Waals surface area contributed by atoms with E-state index in [-0.39, 0.29) is 5.69 Å². The Morgan fingerprint density at radius 2 is 1.10 bits per heavy atom. The van der Waals surface area contributed by atoms with Crippen LogP contribution in [0.4, 0.5) is 34.1 Å². The highest BCUT2D eigenvalue weighted by Crippen LogP contribution is 2.41. The van der Waals surface area contributed by atoms with Crippen molar-refractivity contribution in [2.24, 2.45) is 20.5 Å². The predicted octanol–water partition coefficient (Wildman–Crippen LogP) is 13.1. The molecule has 0 aliphatic carbocycles. The van der Waals surface area contributed by atoms with Crippen LogP contribution in [0.15, 0.2) is 75.1 Å². The van der Waals surface area contributed by atoms with Gasteiger partial charge >= 0.3 is 0 Å². The second-order valence-electron chi connectivity index (χ2n) is 12.3. The van der Waals surface area contributed by atoms with Gasteiger partial charge in [0.15, 0.2) is 0 Å². The molecule has 0 aliphatic rings. The van der Waals surface area contributed by atoms with Gasteiger partial charge in [0.1, 0.15) is 22.9 Å². The van der Waals surface area contributed by atoms with Crippen molar-refractivity contribution in [2.75, 3.05) is 31.2 Å². The van der Waals surface area contributed by atoms with Crippen LogP contribution in [0.25, 0.3) is 0 Å². The van der Waals surface area contributed by atoms with E-state index in [1.807, 2.05) is 13.8 Å². The molecule has 49 heavy (non-hydrogen) atoms. The Morgan fingerprint density at radius 3 is 1.59 bits per heavy atom. The van der Waals surface area contributed by atoms with Gasteiger partial charge in [-0.25, -0.2) is 0 Å². The van der Waals surface area contributed by atoms with Crippen molar-refractivity contribution in [1.82, 2.24) is 0 Å². The van der Waals surface area contributed by atoms with Gasteiger partial charge < -0.3 is 14.4 Å². The largest absolute Gasteiger partial charge is 0.491 e. The predicted molar refractivity (Wildman–Crippen MR) is 200 cm³/mol. The molecule has 0 heterocycles. The maximum absolute atomic E-state index is 11.0. The molecule has 0 spiro atoms. The molecule has 3 aromatic carbocycles. The number of rotatable bonds is 24. The average molecular weight is 673 g/mol. The summed E-state index contributed by atoms with van der Waals surface area (Å²) in [5.41, 5.74) is 4.56. The number of non-ortho nitro benzene ring substituents is 1. The SMILES string of the molecule is CCCCCCCCN(CCCCCCCC)c1ccc(N=Nc2cc(OCC)c(N=Nc3ccc([N+](=O)[O-])cc3)cc2OCC)c(C)c1. The van der Waals surface area contributed by atoms with Crippen molar-refractivity contribution in [2.45, 2.75) is 112 Å². The van der Waals surface area contributed by atoms with Crippen molar-refractivity contribution in [3.63, 3.8) is 0 Å². The first-order chi connectivity index (χ1) is 23.9. The zero-order chi connectivity index (χ0) is 35.3. The molecule has 3 rings (SSSR count). The van der Waals surface area contributed by atoms with Crippen LogP contribution in [0.1, 0.15) is 110 Å². The van der Waals surface area contributed by atoms with E-state index in [1.54, 1.807) is 24.3 Å². The molecule has 0 aliphatic heterocycles. The Hall–Kier alpha value is -4.34. The first-order valence-electron chi connectivity index (χ1n) is 18.3. The van der Waals surface area contributed by atoms with Crippen LogP contribution in [0.3, 0.4) is 0 Å². The van der Waals surface area contributed by atoms with E-state index in [4.69, 9.17) is 9.47 Å². The lowest BCUT2D eigenvalue weighted by molar-refractivity contribution is -0.384. The Kier molecular flexibility index (Phi) is 17.8. The molecule has 10 heteroatoms. The monoisotopic (exact) mass is 672 g/mol. The third kappa shape index (κ3) is 13.6. The molecule has 0 saturated carbocycles. The highest BCUT2D eigenvalue weighted by Gasteiger charge is 2.14. The van der Waals surface area contributed by atoms with Crippen molar-refractivity contribution >= 4 is 34.1 Å². The van der Waals surface area contributed by atoms with Gasteiger partial charge in [0, 0.05) is 43.0 Å². The van der Waals surface area contributed by atoms with Crippen LogP contribution in [-0.4, -0.2) is 31.2 Å². The number of unbranched alkanes of at least 4 members (excludes halogenated alkanes) is 10. The van der Waals surface area contributed by atoms with Crippen LogP contribution in [-0.2, 0) is 0 Å². The zero-order valence-electron chi connectivity index (χ0n) is 30.3. The lowest BCUT2D eigenvalue weighted by Gasteiger charge is -2.26. The van der Waals surface area contributed by atoms with Crippen LogP contribution in [0.2, 0.25) is 0 Å². The standard InChI is InChI=1S/C39H56N6O4/c1-6-10-12-14-16-18-26-44(27-19-17-15-13-11-7-2)34-24-25-35(31(5)28-34)41-43-37-30-38(48-8-3)36(29-39(37)49-9-4)42-40-32-20-22-33(23-21-32)45(46)47/h20-25,28-30H,6-19,26-27H2,1-5H3. The van der Waals surface area contributed by atoms with Crippen molar-refractivity contribution in [3.05, 3.63) is 70.3 Å². The minimum absolute atomic E-state index is 0.00848. The Labute approximate surface area is 293 Å². The summed E-state index contributed by atoms with van der Waals surface area (Å²) in [4.78, 5) is 13.1. The maximum atomic E-state index is 11.0. The molecule has 0 radical (unpaired) electrons. The number of ether oxygens (including phenoxy) is 2. The third-order valence-electron chi connectivity index (χ3n) is 8.35. The van der Waals surface area contributed by atoms with Crippen molar-refractivity contribution in [3.8, 4) is 11.5 Å². The zero-order valence-corrected chi connectivity index (χ0v) is 30.3. The lowest BCUT2D eigenvalue weighted by atomic mass is 10.1. The molecule has 0 aromatic heterocycles. The summed E-state index contributed by atoms with van der Waals surface area (Å²) in [6, 6.07) is 15.8. The summed E-state index contributed by atoms with van der Waals surface area (Å²) in [6.45, 7) is 13.4. The van der Waals surface area contributed by atoms with Crippen LogP contribution in [0, 0.1) is 17.0 Å².